The molecule has 2 rings (SSSR count). The summed E-state index contributed by atoms with van der Waals surface area (Å²) < 4.78 is 38.3. The Morgan fingerprint density at radius 2 is 2.04 bits per heavy atom. The van der Waals surface area contributed by atoms with Crippen LogP contribution in [0.15, 0.2) is 48.8 Å². The Labute approximate surface area is 129 Å². The second-order valence-electron chi connectivity index (χ2n) is 4.80. The number of nitrogens with zero attached hydrogens (tertiary/aromatic N) is 1. The number of aliphatic hydroxyl groups is 1. The number of nitrogens with one attached hydrogen (secondary N) is 1. The van der Waals surface area contributed by atoms with Crippen molar-refractivity contribution in [2.75, 3.05) is 6.54 Å². The maximum absolute atomic E-state index is 12.6. The number of hydrogen-bond acceptors (Lipinski definition) is 3. The summed E-state index contributed by atoms with van der Waals surface area (Å²) >= 11 is 0. The maximum atomic E-state index is 12.6. The van der Waals surface area contributed by atoms with Gasteiger partial charge in [0.2, 0.25) is 0 Å². The first-order valence-corrected chi connectivity index (χ1v) is 6.59. The van der Waals surface area contributed by atoms with Crippen LogP contribution in [-0.2, 0) is 6.18 Å². The summed E-state index contributed by atoms with van der Waals surface area (Å²) in [6.45, 7) is -0.284. The van der Waals surface area contributed by atoms with E-state index in [1.165, 1.54) is 30.5 Å². The fourth-order valence-corrected chi connectivity index (χ4v) is 1.92. The van der Waals surface area contributed by atoms with Crippen LogP contribution in [0.1, 0.15) is 27.6 Å². The largest absolute Gasteiger partial charge is 0.619 e. The van der Waals surface area contributed by atoms with E-state index in [1.54, 1.807) is 0 Å². The normalized spacial score (nSPS) is 12.7. The molecule has 1 atom stereocenters. The topological polar surface area (TPSA) is 76.3 Å². The predicted octanol–water partition coefficient (Wildman–Crippen LogP) is 1.80. The zero-order chi connectivity index (χ0) is 17.0. The number of rotatable bonds is 4. The number of benzene rings is 1. The molecule has 5 nitrogen and oxygen atoms in total. The highest BCUT2D eigenvalue weighted by atomic mass is 19.4. The van der Waals surface area contributed by atoms with Crippen LogP contribution in [0.2, 0.25) is 0 Å². The Hall–Kier alpha value is -2.61. The molecule has 0 aliphatic rings. The van der Waals surface area contributed by atoms with Crippen molar-refractivity contribution >= 4 is 5.91 Å². The van der Waals surface area contributed by atoms with Gasteiger partial charge in [-0.15, -0.1) is 0 Å². The molecule has 8 heteroatoms. The molecule has 1 aromatic carbocycles. The Kier molecular flexibility index (Phi) is 4.85. The lowest BCUT2D eigenvalue weighted by molar-refractivity contribution is -0.605. The molecule has 0 bridgehead atoms. The fourth-order valence-electron chi connectivity index (χ4n) is 1.92. The molecule has 2 N–H and O–H groups in total. The molecule has 0 saturated heterocycles. The number of aliphatic hydroxyl groups excluding tert-OH is 1. The molecule has 1 heterocycles. The first-order chi connectivity index (χ1) is 10.8. The van der Waals surface area contributed by atoms with Crippen molar-refractivity contribution < 1.29 is 27.8 Å². The van der Waals surface area contributed by atoms with Crippen molar-refractivity contribution in [3.8, 4) is 0 Å². The summed E-state index contributed by atoms with van der Waals surface area (Å²) in [4.78, 5) is 11.8. The van der Waals surface area contributed by atoms with Crippen molar-refractivity contribution in [1.29, 1.82) is 0 Å². The first kappa shape index (κ1) is 16.8. The quantitative estimate of drug-likeness (QED) is 0.664. The molecule has 23 heavy (non-hydrogen) atoms. The van der Waals surface area contributed by atoms with Crippen molar-refractivity contribution in [2.24, 2.45) is 0 Å². The number of aromatic nitrogens is 1. The van der Waals surface area contributed by atoms with Crippen LogP contribution in [0.25, 0.3) is 0 Å². The van der Waals surface area contributed by atoms with Gasteiger partial charge in [0, 0.05) is 12.6 Å². The minimum atomic E-state index is -4.51. The molecule has 122 valence electrons. The average Bonchev–Trinajstić information content (AvgIpc) is 2.51. The third kappa shape index (κ3) is 4.43. The zero-order valence-corrected chi connectivity index (χ0v) is 11.7. The Morgan fingerprint density at radius 1 is 1.30 bits per heavy atom. The lowest BCUT2D eigenvalue weighted by atomic mass is 10.1. The van der Waals surface area contributed by atoms with E-state index in [2.05, 4.69) is 5.32 Å². The zero-order valence-electron chi connectivity index (χ0n) is 11.7. The molecular formula is C15H13F3N2O3. The van der Waals surface area contributed by atoms with E-state index >= 15 is 0 Å². The van der Waals surface area contributed by atoms with Crippen LogP contribution in [0.3, 0.4) is 0 Å². The molecule has 0 aliphatic carbocycles. The third-order valence-electron chi connectivity index (χ3n) is 3.09. The highest BCUT2D eigenvalue weighted by Crippen LogP contribution is 2.30. The van der Waals surface area contributed by atoms with Crippen LogP contribution in [0, 0.1) is 5.21 Å². The second kappa shape index (κ2) is 6.66. The minimum Gasteiger partial charge on any atom is -0.619 e. The Morgan fingerprint density at radius 3 is 2.70 bits per heavy atom. The molecule has 0 saturated carbocycles. The number of hydrogen-bond donors (Lipinski definition) is 2. The number of amides is 1. The number of halogens is 3. The monoisotopic (exact) mass is 326 g/mol. The van der Waals surface area contributed by atoms with Gasteiger partial charge in [-0.3, -0.25) is 4.79 Å². The number of carbonyl (C=O) groups excluding carboxylic acids is 1. The van der Waals surface area contributed by atoms with Crippen LogP contribution >= 0.6 is 0 Å². The van der Waals surface area contributed by atoms with Gasteiger partial charge in [0.1, 0.15) is 5.56 Å². The standard InChI is InChI=1S/C15H13F3N2O3/c16-15(17,18)12-5-1-3-10(7-12)13(21)8-19-14(22)11-4-2-6-20(23)9-11/h1-7,9,13,21H,8H2,(H,19,22). The van der Waals surface area contributed by atoms with Gasteiger partial charge in [-0.25, -0.2) is 0 Å². The van der Waals surface area contributed by atoms with Gasteiger partial charge in [0.05, 0.1) is 11.7 Å². The number of alkyl halides is 3. The minimum absolute atomic E-state index is 0.0343. The van der Waals surface area contributed by atoms with Gasteiger partial charge >= 0.3 is 6.18 Å². The molecule has 1 aromatic heterocycles. The Balaban J connectivity index is 2.02. The van der Waals surface area contributed by atoms with Crippen LogP contribution in [0.5, 0.6) is 0 Å². The van der Waals surface area contributed by atoms with E-state index in [1.807, 2.05) is 0 Å². The van der Waals surface area contributed by atoms with Gasteiger partial charge in [0.15, 0.2) is 12.4 Å². The lowest BCUT2D eigenvalue weighted by Crippen LogP contribution is -2.32. The summed E-state index contributed by atoms with van der Waals surface area (Å²) in [6, 6.07) is 7.02. The van der Waals surface area contributed by atoms with E-state index in [-0.39, 0.29) is 17.7 Å². The van der Waals surface area contributed by atoms with E-state index in [4.69, 9.17) is 0 Å². The third-order valence-corrected chi connectivity index (χ3v) is 3.09. The molecule has 1 amide bonds. The van der Waals surface area contributed by atoms with Gasteiger partial charge in [-0.1, -0.05) is 12.1 Å². The van der Waals surface area contributed by atoms with E-state index < -0.39 is 23.8 Å². The predicted molar refractivity (Wildman–Crippen MR) is 74.1 cm³/mol. The molecule has 0 spiro atoms. The van der Waals surface area contributed by atoms with Crippen LogP contribution < -0.4 is 10.0 Å². The Bertz CT molecular complexity index is 704. The molecule has 1 unspecified atom stereocenters. The number of pyridine rings is 1. The van der Waals surface area contributed by atoms with Gasteiger partial charge in [-0.05, 0) is 23.8 Å². The summed E-state index contributed by atoms with van der Waals surface area (Å²) in [5.74, 6) is -0.610. The van der Waals surface area contributed by atoms with Gasteiger partial charge in [0.25, 0.3) is 5.91 Å². The van der Waals surface area contributed by atoms with Crippen LogP contribution in [-0.4, -0.2) is 17.6 Å². The smallest absolute Gasteiger partial charge is 0.416 e. The van der Waals surface area contributed by atoms with Gasteiger partial charge in [-0.2, -0.15) is 17.9 Å². The lowest BCUT2D eigenvalue weighted by Gasteiger charge is -2.14. The summed E-state index contributed by atoms with van der Waals surface area (Å²) in [7, 11) is 0. The van der Waals surface area contributed by atoms with E-state index in [0.29, 0.717) is 4.73 Å². The molecule has 0 radical (unpaired) electrons. The molecule has 0 aliphatic heterocycles. The average molecular weight is 326 g/mol. The first-order valence-electron chi connectivity index (χ1n) is 6.59. The van der Waals surface area contributed by atoms with Crippen LogP contribution in [0.4, 0.5) is 13.2 Å². The highest BCUT2D eigenvalue weighted by Gasteiger charge is 2.30. The summed E-state index contributed by atoms with van der Waals surface area (Å²) in [5.41, 5.74) is -0.762. The highest BCUT2D eigenvalue weighted by molar-refractivity contribution is 5.93. The van der Waals surface area contributed by atoms with Crippen molar-refractivity contribution in [1.82, 2.24) is 5.32 Å². The maximum Gasteiger partial charge on any atom is 0.416 e. The molecular weight excluding hydrogens is 313 g/mol. The number of carbonyl (C=O) groups is 1. The summed E-state index contributed by atoms with van der Waals surface area (Å²) in [6.07, 6.45) is -3.56. The van der Waals surface area contributed by atoms with Crippen molar-refractivity contribution in [3.05, 3.63) is 70.7 Å². The van der Waals surface area contributed by atoms with Crippen molar-refractivity contribution in [3.63, 3.8) is 0 Å². The second-order valence-corrected chi connectivity index (χ2v) is 4.80. The van der Waals surface area contributed by atoms with E-state index in [0.717, 1.165) is 18.3 Å². The van der Waals surface area contributed by atoms with E-state index in [9.17, 15) is 28.3 Å². The summed E-state index contributed by atoms with van der Waals surface area (Å²) in [5, 5.41) is 23.3. The molecule has 2 aromatic rings. The SMILES string of the molecule is O=C(NCC(O)c1cccc(C(F)(F)F)c1)c1ccc[n+]([O-])c1. The van der Waals surface area contributed by atoms with Gasteiger partial charge < -0.3 is 15.6 Å². The fraction of sp³-hybridized carbons (Fsp3) is 0.200. The van der Waals surface area contributed by atoms with Crippen molar-refractivity contribution in [2.45, 2.75) is 12.3 Å². The molecule has 0 fully saturated rings.